The smallest absolute Gasteiger partial charge is 0.316 e. The summed E-state index contributed by atoms with van der Waals surface area (Å²) in [5, 5.41) is 13.3. The van der Waals surface area contributed by atoms with Crippen molar-refractivity contribution in [1.29, 1.82) is 0 Å². The van der Waals surface area contributed by atoms with Crippen LogP contribution in [0, 0.1) is 17.0 Å². The number of nitro benzene ring substituents is 1. The van der Waals surface area contributed by atoms with E-state index in [9.17, 15) is 19.7 Å². The van der Waals surface area contributed by atoms with E-state index in [1.54, 1.807) is 13.0 Å². The van der Waals surface area contributed by atoms with Crippen LogP contribution in [0.25, 0.3) is 0 Å². The van der Waals surface area contributed by atoms with E-state index < -0.39 is 11.0 Å². The van der Waals surface area contributed by atoms with Crippen LogP contribution in [0.4, 0.5) is 16.2 Å². The minimum Gasteiger partial charge on any atom is -0.478 e. The number of nitrogens with zero attached hydrogens (tertiary/aromatic N) is 1. The molecule has 0 radical (unpaired) electrons. The molecule has 2 aromatic carbocycles. The van der Waals surface area contributed by atoms with Crippen molar-refractivity contribution in [2.24, 2.45) is 5.73 Å². The van der Waals surface area contributed by atoms with Crippen LogP contribution in [0.2, 0.25) is 0 Å². The molecule has 0 saturated carbocycles. The van der Waals surface area contributed by atoms with E-state index >= 15 is 0 Å². The Balaban J connectivity index is 2.07. The van der Waals surface area contributed by atoms with Gasteiger partial charge in [-0.05, 0) is 42.8 Å². The minimum atomic E-state index is -0.704. The Morgan fingerprint density at radius 1 is 1.21 bits per heavy atom. The maximum Gasteiger partial charge on any atom is 0.316 e. The van der Waals surface area contributed by atoms with Gasteiger partial charge < -0.3 is 15.8 Å². The van der Waals surface area contributed by atoms with Crippen molar-refractivity contribution in [3.05, 3.63) is 63.7 Å². The molecule has 0 aliphatic heterocycles. The number of rotatable bonds is 6. The molecule has 0 saturated heterocycles. The van der Waals surface area contributed by atoms with E-state index in [1.165, 1.54) is 36.4 Å². The third kappa shape index (κ3) is 4.29. The van der Waals surface area contributed by atoms with Crippen LogP contribution in [0.5, 0.6) is 5.75 Å². The summed E-state index contributed by atoms with van der Waals surface area (Å²) in [7, 11) is 0. The van der Waals surface area contributed by atoms with Gasteiger partial charge in [-0.1, -0.05) is 6.07 Å². The third-order valence-corrected chi connectivity index (χ3v) is 3.15. The van der Waals surface area contributed by atoms with E-state index in [2.05, 4.69) is 5.32 Å². The Kier molecular flexibility index (Phi) is 5.10. The number of urea groups is 1. The zero-order valence-electron chi connectivity index (χ0n) is 12.8. The maximum atomic E-state index is 12.1. The average Bonchev–Trinajstić information content (AvgIpc) is 2.52. The van der Waals surface area contributed by atoms with Crippen LogP contribution in [0.1, 0.15) is 15.9 Å². The molecule has 24 heavy (non-hydrogen) atoms. The fraction of sp³-hybridized carbons (Fsp3) is 0.125. The van der Waals surface area contributed by atoms with Gasteiger partial charge in [0, 0.05) is 17.3 Å². The highest BCUT2D eigenvalue weighted by atomic mass is 16.6. The number of benzene rings is 2. The first kappa shape index (κ1) is 16.9. The number of aryl methyl sites for hydroxylation is 1. The third-order valence-electron chi connectivity index (χ3n) is 3.15. The van der Waals surface area contributed by atoms with Crippen LogP contribution in [-0.2, 0) is 0 Å². The number of anilines is 1. The van der Waals surface area contributed by atoms with E-state index in [-0.39, 0.29) is 23.8 Å². The number of nitrogens with one attached hydrogen (secondary N) is 1. The second-order valence-electron chi connectivity index (χ2n) is 5.01. The van der Waals surface area contributed by atoms with Crippen molar-refractivity contribution in [3.63, 3.8) is 0 Å². The van der Waals surface area contributed by atoms with Gasteiger partial charge in [-0.3, -0.25) is 14.9 Å². The van der Waals surface area contributed by atoms with Gasteiger partial charge in [0.25, 0.3) is 0 Å². The van der Waals surface area contributed by atoms with Crippen LogP contribution < -0.4 is 15.8 Å². The molecule has 0 aliphatic rings. The molecule has 0 unspecified atom stereocenters. The Morgan fingerprint density at radius 3 is 2.46 bits per heavy atom. The first-order valence-corrected chi connectivity index (χ1v) is 6.94. The van der Waals surface area contributed by atoms with Gasteiger partial charge in [-0.2, -0.15) is 0 Å². The fourth-order valence-corrected chi connectivity index (χ4v) is 2.00. The number of ether oxygens (including phenoxy) is 1. The van der Waals surface area contributed by atoms with Gasteiger partial charge in [0.05, 0.1) is 4.92 Å². The molecule has 0 spiro atoms. The maximum absolute atomic E-state index is 12.1. The normalized spacial score (nSPS) is 10.0. The molecule has 8 heteroatoms. The number of ketones is 1. The molecule has 2 aromatic rings. The fourth-order valence-electron chi connectivity index (χ4n) is 2.00. The summed E-state index contributed by atoms with van der Waals surface area (Å²) in [5.74, 6) is -0.309. The first-order valence-electron chi connectivity index (χ1n) is 6.94. The van der Waals surface area contributed by atoms with E-state index in [1.807, 2.05) is 0 Å². The van der Waals surface area contributed by atoms with Gasteiger partial charge in [0.15, 0.2) is 18.1 Å². The Labute approximate surface area is 137 Å². The standard InChI is InChI=1S/C16H15N3O5/c1-10-2-7-13(19(22)23)15(8-10)24-9-14(20)11-3-5-12(6-4-11)18-16(17)21/h2-8H,9H2,1H3,(H3,17,18,21). The number of nitrogens with two attached hydrogens (primary N) is 1. The number of Topliss-reactive ketones (excluding diaryl/α,β-unsaturated/α-hetero) is 1. The van der Waals surface area contributed by atoms with Crippen molar-refractivity contribution in [3.8, 4) is 5.75 Å². The van der Waals surface area contributed by atoms with Gasteiger partial charge in [-0.15, -0.1) is 0 Å². The van der Waals surface area contributed by atoms with Gasteiger partial charge in [-0.25, -0.2) is 4.79 Å². The predicted octanol–water partition coefficient (Wildman–Crippen LogP) is 2.66. The number of primary amides is 1. The zero-order chi connectivity index (χ0) is 17.7. The van der Waals surface area contributed by atoms with Crippen molar-refractivity contribution in [2.45, 2.75) is 6.92 Å². The summed E-state index contributed by atoms with van der Waals surface area (Å²) < 4.78 is 5.31. The van der Waals surface area contributed by atoms with Gasteiger partial charge in [0.2, 0.25) is 0 Å². The highest BCUT2D eigenvalue weighted by molar-refractivity contribution is 5.98. The van der Waals surface area contributed by atoms with Crippen LogP contribution >= 0.6 is 0 Å². The van der Waals surface area contributed by atoms with Crippen LogP contribution in [0.3, 0.4) is 0 Å². The molecule has 8 nitrogen and oxygen atoms in total. The first-order chi connectivity index (χ1) is 11.4. The number of amides is 2. The molecular formula is C16H15N3O5. The minimum absolute atomic E-state index is 0.0420. The lowest BCUT2D eigenvalue weighted by atomic mass is 10.1. The monoisotopic (exact) mass is 329 g/mol. The number of carbonyl (C=O) groups is 2. The van der Waals surface area contributed by atoms with Crippen molar-refractivity contribution < 1.29 is 19.2 Å². The van der Waals surface area contributed by atoms with E-state index in [0.717, 1.165) is 5.56 Å². The predicted molar refractivity (Wildman–Crippen MR) is 87.3 cm³/mol. The van der Waals surface area contributed by atoms with E-state index in [4.69, 9.17) is 10.5 Å². The molecule has 3 N–H and O–H groups in total. The largest absolute Gasteiger partial charge is 0.478 e. The number of hydrogen-bond donors (Lipinski definition) is 2. The van der Waals surface area contributed by atoms with Crippen LogP contribution in [-0.4, -0.2) is 23.3 Å². The topological polar surface area (TPSA) is 125 Å². The van der Waals surface area contributed by atoms with Crippen molar-refractivity contribution >= 4 is 23.2 Å². The Bertz CT molecular complexity index is 787. The van der Waals surface area contributed by atoms with Gasteiger partial charge in [0.1, 0.15) is 0 Å². The van der Waals surface area contributed by atoms with Crippen molar-refractivity contribution in [2.75, 3.05) is 11.9 Å². The second kappa shape index (κ2) is 7.23. The summed E-state index contributed by atoms with van der Waals surface area (Å²) in [5.41, 5.74) is 6.38. The number of nitro groups is 1. The quantitative estimate of drug-likeness (QED) is 0.479. The lowest BCUT2D eigenvalue weighted by Crippen LogP contribution is -2.19. The van der Waals surface area contributed by atoms with Crippen LogP contribution in [0.15, 0.2) is 42.5 Å². The number of carbonyl (C=O) groups excluding carboxylic acids is 2. The summed E-state index contributed by atoms with van der Waals surface area (Å²) in [6.45, 7) is 1.43. The molecule has 0 heterocycles. The Hall–Kier alpha value is -3.42. The summed E-state index contributed by atoms with van der Waals surface area (Å²) in [4.78, 5) is 33.2. The molecule has 0 atom stereocenters. The second-order valence-corrected chi connectivity index (χ2v) is 5.01. The highest BCUT2D eigenvalue weighted by Gasteiger charge is 2.16. The van der Waals surface area contributed by atoms with Crippen molar-refractivity contribution in [1.82, 2.24) is 0 Å². The molecule has 0 aliphatic carbocycles. The molecule has 2 rings (SSSR count). The summed E-state index contributed by atoms with van der Waals surface area (Å²) in [6.07, 6.45) is 0. The van der Waals surface area contributed by atoms with E-state index in [0.29, 0.717) is 11.3 Å². The summed E-state index contributed by atoms with van der Waals surface area (Å²) in [6, 6.07) is 9.77. The number of hydrogen-bond acceptors (Lipinski definition) is 5. The molecule has 0 bridgehead atoms. The lowest BCUT2D eigenvalue weighted by Gasteiger charge is -2.08. The molecule has 0 fully saturated rings. The Morgan fingerprint density at radius 2 is 1.88 bits per heavy atom. The zero-order valence-corrected chi connectivity index (χ0v) is 12.8. The highest BCUT2D eigenvalue weighted by Crippen LogP contribution is 2.27. The molecule has 2 amide bonds. The lowest BCUT2D eigenvalue weighted by molar-refractivity contribution is -0.385. The SMILES string of the molecule is Cc1ccc([N+](=O)[O-])c(OCC(=O)c2ccc(NC(N)=O)cc2)c1. The molecule has 0 aromatic heterocycles. The molecular weight excluding hydrogens is 314 g/mol. The van der Waals surface area contributed by atoms with Gasteiger partial charge >= 0.3 is 11.7 Å². The molecule has 124 valence electrons. The average molecular weight is 329 g/mol. The summed E-state index contributed by atoms with van der Waals surface area (Å²) >= 11 is 0.